The van der Waals surface area contributed by atoms with E-state index in [1.54, 1.807) is 0 Å². The molecule has 1 unspecified atom stereocenters. The second-order valence-electron chi connectivity index (χ2n) is 10.4. The van der Waals surface area contributed by atoms with E-state index in [1.807, 2.05) is 24.3 Å². The van der Waals surface area contributed by atoms with Crippen LogP contribution in [-0.2, 0) is 5.41 Å². The van der Waals surface area contributed by atoms with E-state index in [1.165, 1.54) is 38.7 Å². The van der Waals surface area contributed by atoms with Gasteiger partial charge in [0, 0.05) is 16.2 Å². The Morgan fingerprint density at radius 2 is 1.16 bits per heavy atom. The van der Waals surface area contributed by atoms with E-state index in [2.05, 4.69) is 102 Å². The van der Waals surface area contributed by atoms with Gasteiger partial charge in [0.2, 0.25) is 0 Å². The van der Waals surface area contributed by atoms with Gasteiger partial charge in [-0.1, -0.05) is 91.0 Å². The summed E-state index contributed by atoms with van der Waals surface area (Å²) in [7, 11) is 0. The lowest BCUT2D eigenvalue weighted by Gasteiger charge is -2.39. The fourth-order valence-electron chi connectivity index (χ4n) is 7.38. The molecule has 0 saturated carbocycles. The Morgan fingerprint density at radius 3 is 1.84 bits per heavy atom. The first-order valence-electron chi connectivity index (χ1n) is 12.9. The number of nitriles is 2. The molecule has 1 aliphatic heterocycles. The van der Waals surface area contributed by atoms with E-state index >= 15 is 0 Å². The number of benzene rings is 5. The molecular weight excluding hydrogens is 461 g/mol. The normalized spacial score (nSPS) is 16.6. The van der Waals surface area contributed by atoms with Crippen LogP contribution in [0.5, 0.6) is 0 Å². The molecule has 0 amide bonds. The number of hydrogen-bond donors (Lipinski definition) is 0. The van der Waals surface area contributed by atoms with Gasteiger partial charge in [-0.15, -0.1) is 0 Å². The standard InChI is InChI=1S/C34H20BN3/c1-34-27-15-3-2-11-23(27)24-12-8-18-30(31(24)34)35(29-17-5-4-16-28(29)34)38-32-21(19-36)9-6-13-25(32)26-14-7-10-22(20-37)33(26)38/h2-18H,1H3. The van der Waals surface area contributed by atoms with Crippen LogP contribution >= 0.6 is 0 Å². The molecule has 2 heterocycles. The number of nitrogens with zero attached hydrogens (tertiary/aromatic N) is 3. The molecule has 1 atom stereocenters. The summed E-state index contributed by atoms with van der Waals surface area (Å²) in [5.74, 6) is 0. The smallest absolute Gasteiger partial charge is 0.328 e. The molecule has 3 nitrogen and oxygen atoms in total. The highest BCUT2D eigenvalue weighted by Gasteiger charge is 2.50. The van der Waals surface area contributed by atoms with Crippen molar-refractivity contribution in [2.24, 2.45) is 0 Å². The highest BCUT2D eigenvalue weighted by Crippen LogP contribution is 2.52. The third-order valence-corrected chi connectivity index (χ3v) is 8.78. The van der Waals surface area contributed by atoms with Gasteiger partial charge in [0.25, 0.3) is 0 Å². The average Bonchev–Trinajstić information content (AvgIpc) is 3.45. The first-order chi connectivity index (χ1) is 18.7. The second kappa shape index (κ2) is 7.25. The Morgan fingerprint density at radius 1 is 0.605 bits per heavy atom. The maximum Gasteiger partial charge on any atom is 0.328 e. The summed E-state index contributed by atoms with van der Waals surface area (Å²) >= 11 is 0. The van der Waals surface area contributed by atoms with Gasteiger partial charge in [-0.25, -0.2) is 0 Å². The summed E-state index contributed by atoms with van der Waals surface area (Å²) in [5.41, 5.74) is 11.6. The predicted molar refractivity (Wildman–Crippen MR) is 153 cm³/mol. The molecule has 4 heteroatoms. The Balaban J connectivity index is 1.61. The highest BCUT2D eigenvalue weighted by atomic mass is 14.9. The summed E-state index contributed by atoms with van der Waals surface area (Å²) < 4.78 is 2.28. The zero-order valence-corrected chi connectivity index (χ0v) is 20.7. The van der Waals surface area contributed by atoms with E-state index in [0.29, 0.717) is 11.1 Å². The zero-order valence-electron chi connectivity index (χ0n) is 20.7. The molecule has 0 saturated heterocycles. The summed E-state index contributed by atoms with van der Waals surface area (Å²) in [6.45, 7) is 2.16. The summed E-state index contributed by atoms with van der Waals surface area (Å²) in [6, 6.07) is 40.8. The van der Waals surface area contributed by atoms with Gasteiger partial charge in [0.1, 0.15) is 12.1 Å². The third-order valence-electron chi connectivity index (χ3n) is 8.78. The minimum absolute atomic E-state index is 0.187. The lowest BCUT2D eigenvalue weighted by Crippen LogP contribution is -2.58. The van der Waals surface area contributed by atoms with Crippen molar-refractivity contribution in [3.63, 3.8) is 0 Å². The molecule has 0 N–H and O–H groups in total. The molecule has 0 spiro atoms. The molecular formula is C34H20BN3. The first kappa shape index (κ1) is 21.1. The molecule has 2 aliphatic rings. The maximum absolute atomic E-state index is 10.2. The van der Waals surface area contributed by atoms with Crippen LogP contribution in [0.15, 0.2) is 103 Å². The SMILES string of the molecule is CC12c3ccccc3B(n3c4c(C#N)cccc4c4cccc(C#N)c43)c3cccc(c31)-c1ccccc12. The molecule has 174 valence electrons. The zero-order chi connectivity index (χ0) is 25.6. The molecule has 0 radical (unpaired) electrons. The number of aromatic nitrogens is 1. The van der Waals surface area contributed by atoms with Gasteiger partial charge in [-0.2, -0.15) is 10.5 Å². The highest BCUT2D eigenvalue weighted by molar-refractivity contribution is 6.86. The van der Waals surface area contributed by atoms with E-state index in [-0.39, 0.29) is 12.3 Å². The molecule has 1 aromatic heterocycles. The van der Waals surface area contributed by atoms with Crippen molar-refractivity contribution in [3.05, 3.63) is 131 Å². The number of fused-ring (bicyclic) bond motifs is 8. The average molecular weight is 481 g/mol. The van der Waals surface area contributed by atoms with Crippen molar-refractivity contribution < 1.29 is 0 Å². The minimum atomic E-state index is -0.287. The fourth-order valence-corrected chi connectivity index (χ4v) is 7.38. The van der Waals surface area contributed by atoms with E-state index in [0.717, 1.165) is 21.8 Å². The largest absolute Gasteiger partial charge is 0.374 e. The Hall–Kier alpha value is -5.06. The first-order valence-corrected chi connectivity index (χ1v) is 12.9. The second-order valence-corrected chi connectivity index (χ2v) is 10.4. The minimum Gasteiger partial charge on any atom is -0.374 e. The fraction of sp³-hybridized carbons (Fsp3) is 0.0588. The van der Waals surface area contributed by atoms with E-state index < -0.39 is 0 Å². The lowest BCUT2D eigenvalue weighted by molar-refractivity contribution is 0.718. The van der Waals surface area contributed by atoms with Crippen LogP contribution in [0.3, 0.4) is 0 Å². The molecule has 38 heavy (non-hydrogen) atoms. The molecule has 8 rings (SSSR count). The van der Waals surface area contributed by atoms with Gasteiger partial charge in [0.15, 0.2) is 0 Å². The van der Waals surface area contributed by atoms with E-state index in [9.17, 15) is 10.5 Å². The summed E-state index contributed by atoms with van der Waals surface area (Å²) in [4.78, 5) is 0. The van der Waals surface area contributed by atoms with Gasteiger partial charge in [-0.05, 0) is 57.8 Å². The third kappa shape index (κ3) is 2.34. The van der Waals surface area contributed by atoms with Crippen LogP contribution in [0.4, 0.5) is 0 Å². The topological polar surface area (TPSA) is 52.5 Å². The van der Waals surface area contributed by atoms with Crippen LogP contribution in [0.25, 0.3) is 32.9 Å². The maximum atomic E-state index is 10.2. The number of para-hydroxylation sites is 2. The quantitative estimate of drug-likeness (QED) is 0.277. The van der Waals surface area contributed by atoms with Crippen LogP contribution < -0.4 is 10.9 Å². The Labute approximate surface area is 220 Å². The number of rotatable bonds is 1. The van der Waals surface area contributed by atoms with E-state index in [4.69, 9.17) is 0 Å². The van der Waals surface area contributed by atoms with Crippen LogP contribution in [0.1, 0.15) is 34.7 Å². The summed E-state index contributed by atoms with van der Waals surface area (Å²) in [6.07, 6.45) is 0. The van der Waals surface area contributed by atoms with Gasteiger partial charge < -0.3 is 4.48 Å². The molecule has 0 bridgehead atoms. The van der Waals surface area contributed by atoms with Crippen LogP contribution in [0.2, 0.25) is 0 Å². The van der Waals surface area contributed by atoms with Crippen molar-refractivity contribution in [2.75, 3.05) is 0 Å². The van der Waals surface area contributed by atoms with Crippen molar-refractivity contribution in [2.45, 2.75) is 12.3 Å². The van der Waals surface area contributed by atoms with Gasteiger partial charge in [0.05, 0.1) is 22.2 Å². The predicted octanol–water partition coefficient (Wildman–Crippen LogP) is 5.84. The molecule has 5 aromatic carbocycles. The van der Waals surface area contributed by atoms with Crippen LogP contribution in [0, 0.1) is 22.7 Å². The molecule has 1 aliphatic carbocycles. The van der Waals surface area contributed by atoms with Crippen molar-refractivity contribution in [3.8, 4) is 23.3 Å². The lowest BCUT2D eigenvalue weighted by atomic mass is 9.41. The van der Waals surface area contributed by atoms with Gasteiger partial charge >= 0.3 is 6.85 Å². The molecule has 0 fully saturated rings. The van der Waals surface area contributed by atoms with Crippen molar-refractivity contribution in [1.82, 2.24) is 4.48 Å². The Kier molecular flexibility index (Phi) is 4.02. The van der Waals surface area contributed by atoms with Crippen molar-refractivity contribution in [1.29, 1.82) is 10.5 Å². The van der Waals surface area contributed by atoms with Crippen LogP contribution in [-0.4, -0.2) is 11.3 Å². The Bertz CT molecular complexity index is 2020. The van der Waals surface area contributed by atoms with Crippen molar-refractivity contribution >= 4 is 39.6 Å². The summed E-state index contributed by atoms with van der Waals surface area (Å²) in [5, 5.41) is 22.5. The van der Waals surface area contributed by atoms with Gasteiger partial charge in [-0.3, -0.25) is 0 Å². The monoisotopic (exact) mass is 481 g/mol. The molecule has 6 aromatic rings. The number of hydrogen-bond acceptors (Lipinski definition) is 2.